The summed E-state index contributed by atoms with van der Waals surface area (Å²) >= 11 is 6.17. The predicted molar refractivity (Wildman–Crippen MR) is 72.3 cm³/mol. The van der Waals surface area contributed by atoms with Crippen molar-refractivity contribution in [1.29, 1.82) is 0 Å². The number of carbonyl (C=O) groups is 1. The second-order valence-electron chi connectivity index (χ2n) is 4.87. The molecule has 1 heterocycles. The van der Waals surface area contributed by atoms with Gasteiger partial charge in [-0.3, -0.25) is 4.79 Å². The van der Waals surface area contributed by atoms with Crippen molar-refractivity contribution in [3.63, 3.8) is 0 Å². The number of nitrogens with two attached hydrogens (primary N) is 2. The molecule has 3 aliphatic rings. The van der Waals surface area contributed by atoms with Crippen LogP contribution >= 0.6 is 11.6 Å². The van der Waals surface area contributed by atoms with Crippen LogP contribution in [0.1, 0.15) is 12.8 Å². The van der Waals surface area contributed by atoms with Crippen LogP contribution < -0.4 is 11.6 Å². The molecule has 0 aromatic carbocycles. The molecular weight excluding hydrogens is 266 g/mol. The number of fused-ring (bicyclic) bond motifs is 1. The lowest BCUT2D eigenvalue weighted by atomic mass is 9.90. The lowest BCUT2D eigenvalue weighted by Gasteiger charge is -2.20. The van der Waals surface area contributed by atoms with Gasteiger partial charge in [0.1, 0.15) is 5.84 Å². The van der Waals surface area contributed by atoms with E-state index in [9.17, 15) is 4.79 Å². The fraction of sp³-hybridized carbons (Fsp3) is 0.385. The highest BCUT2D eigenvalue weighted by Crippen LogP contribution is 2.39. The Balaban J connectivity index is 1.85. The van der Waals surface area contributed by atoms with E-state index in [4.69, 9.17) is 27.9 Å². The Hall–Kier alpha value is -1.59. The minimum Gasteiger partial charge on any atom is -0.382 e. The van der Waals surface area contributed by atoms with Crippen molar-refractivity contribution in [3.05, 3.63) is 33.9 Å². The zero-order chi connectivity index (χ0) is 13.6. The zero-order valence-corrected chi connectivity index (χ0v) is 11.0. The van der Waals surface area contributed by atoms with Crippen molar-refractivity contribution in [2.75, 3.05) is 6.61 Å². The average molecular weight is 280 g/mol. The van der Waals surface area contributed by atoms with Gasteiger partial charge in [0.15, 0.2) is 5.78 Å². The normalized spacial score (nSPS) is 29.8. The molecule has 0 spiro atoms. The van der Waals surface area contributed by atoms with Crippen LogP contribution in [0.25, 0.3) is 0 Å². The second-order valence-corrected chi connectivity index (χ2v) is 5.31. The predicted octanol–water partition coefficient (Wildman–Crippen LogP) is 0.955. The standard InChI is InChI=1S/C13H14ClN3O2/c14-10-4-7(3-6-1-2-19-12(6)10)11(18)8-5-9(8)13(15)17-16/h3-4,6,12H,1-2,5,16H2,(H2,15,17). The number of rotatable bonds is 3. The van der Waals surface area contributed by atoms with Gasteiger partial charge in [0.2, 0.25) is 0 Å². The van der Waals surface area contributed by atoms with E-state index in [1.54, 1.807) is 6.08 Å². The molecule has 2 atom stereocenters. The fourth-order valence-corrected chi connectivity index (χ4v) is 2.90. The van der Waals surface area contributed by atoms with Crippen molar-refractivity contribution in [1.82, 2.24) is 0 Å². The minimum atomic E-state index is -0.0819. The fourth-order valence-electron chi connectivity index (χ4n) is 2.56. The number of allylic oxidation sites excluding steroid dienone is 3. The number of nitrogens with zero attached hydrogens (tertiary/aromatic N) is 1. The molecule has 6 heteroatoms. The minimum absolute atomic E-state index is 0.0369. The van der Waals surface area contributed by atoms with Crippen molar-refractivity contribution in [2.24, 2.45) is 22.6 Å². The van der Waals surface area contributed by atoms with E-state index in [1.165, 1.54) is 0 Å². The van der Waals surface area contributed by atoms with E-state index in [0.29, 0.717) is 29.2 Å². The summed E-state index contributed by atoms with van der Waals surface area (Å²) in [6.45, 7) is 0.679. The van der Waals surface area contributed by atoms with Gasteiger partial charge in [0, 0.05) is 40.7 Å². The van der Waals surface area contributed by atoms with Gasteiger partial charge in [-0.1, -0.05) is 17.7 Å². The molecule has 0 saturated carbocycles. The SMILES string of the molecule is NN=C(N)C1=C(C(=O)C2=CC3CCOC3C(Cl)=C2)C1. The first-order chi connectivity index (χ1) is 9.11. The number of halogens is 1. The van der Waals surface area contributed by atoms with Crippen molar-refractivity contribution in [3.8, 4) is 0 Å². The number of ether oxygens (including phenoxy) is 1. The first-order valence-electron chi connectivity index (χ1n) is 6.12. The van der Waals surface area contributed by atoms with Gasteiger partial charge >= 0.3 is 0 Å². The van der Waals surface area contributed by atoms with Gasteiger partial charge in [-0.25, -0.2) is 0 Å². The van der Waals surface area contributed by atoms with E-state index in [1.807, 2.05) is 6.08 Å². The van der Waals surface area contributed by atoms with Gasteiger partial charge < -0.3 is 16.3 Å². The summed E-state index contributed by atoms with van der Waals surface area (Å²) in [5.74, 6) is 5.49. The molecule has 0 amide bonds. The number of hydrogen-bond acceptors (Lipinski definition) is 4. The third-order valence-corrected chi connectivity index (χ3v) is 4.00. The Labute approximate surface area is 115 Å². The van der Waals surface area contributed by atoms with E-state index in [-0.39, 0.29) is 23.6 Å². The van der Waals surface area contributed by atoms with Gasteiger partial charge in [-0.2, -0.15) is 5.10 Å². The maximum absolute atomic E-state index is 12.3. The molecule has 5 nitrogen and oxygen atoms in total. The molecule has 0 aromatic rings. The molecule has 0 radical (unpaired) electrons. The highest BCUT2D eigenvalue weighted by Gasteiger charge is 2.37. The Morgan fingerprint density at radius 3 is 3.00 bits per heavy atom. The van der Waals surface area contributed by atoms with Crippen LogP contribution in [0.4, 0.5) is 0 Å². The number of ketones is 1. The molecule has 2 aliphatic carbocycles. The molecule has 0 aromatic heterocycles. The first kappa shape index (κ1) is 12.4. The highest BCUT2D eigenvalue weighted by atomic mass is 35.5. The topological polar surface area (TPSA) is 90.7 Å². The Bertz CT molecular complexity index is 574. The molecule has 100 valence electrons. The van der Waals surface area contributed by atoms with Crippen LogP contribution in [0.5, 0.6) is 0 Å². The Morgan fingerprint density at radius 2 is 2.26 bits per heavy atom. The van der Waals surface area contributed by atoms with Crippen LogP contribution in [0.15, 0.2) is 39.0 Å². The lowest BCUT2D eigenvalue weighted by Crippen LogP contribution is -2.20. The monoisotopic (exact) mass is 279 g/mol. The number of carbonyl (C=O) groups excluding carboxylic acids is 1. The van der Waals surface area contributed by atoms with Crippen LogP contribution in [0, 0.1) is 5.92 Å². The van der Waals surface area contributed by atoms with Crippen LogP contribution in [0.2, 0.25) is 0 Å². The third kappa shape index (κ3) is 2.09. The van der Waals surface area contributed by atoms with Gasteiger partial charge in [-0.15, -0.1) is 0 Å². The Kier molecular flexibility index (Phi) is 2.95. The average Bonchev–Trinajstić information content (AvgIpc) is 3.06. The van der Waals surface area contributed by atoms with E-state index < -0.39 is 0 Å². The van der Waals surface area contributed by atoms with Crippen molar-refractivity contribution < 1.29 is 9.53 Å². The summed E-state index contributed by atoms with van der Waals surface area (Å²) in [4.78, 5) is 12.3. The molecule has 2 unspecified atom stereocenters. The second kappa shape index (κ2) is 4.51. The van der Waals surface area contributed by atoms with Gasteiger partial charge in [-0.05, 0) is 12.5 Å². The van der Waals surface area contributed by atoms with E-state index in [2.05, 4.69) is 5.10 Å². The largest absolute Gasteiger partial charge is 0.382 e. The molecular formula is C13H14ClN3O2. The van der Waals surface area contributed by atoms with E-state index >= 15 is 0 Å². The molecule has 1 aliphatic heterocycles. The summed E-state index contributed by atoms with van der Waals surface area (Å²) in [6, 6.07) is 0. The van der Waals surface area contributed by atoms with Crippen LogP contribution in [-0.2, 0) is 9.53 Å². The van der Waals surface area contributed by atoms with Gasteiger partial charge in [0.25, 0.3) is 0 Å². The van der Waals surface area contributed by atoms with Crippen LogP contribution in [-0.4, -0.2) is 24.3 Å². The first-order valence-corrected chi connectivity index (χ1v) is 6.50. The van der Waals surface area contributed by atoms with Crippen LogP contribution in [0.3, 0.4) is 0 Å². The molecule has 0 bridgehead atoms. The summed E-state index contributed by atoms with van der Waals surface area (Å²) in [6.07, 6.45) is 5.00. The van der Waals surface area contributed by atoms with E-state index in [0.717, 1.165) is 12.0 Å². The molecule has 1 fully saturated rings. The number of hydrogen-bond donors (Lipinski definition) is 2. The summed E-state index contributed by atoms with van der Waals surface area (Å²) < 4.78 is 5.53. The molecule has 1 saturated heterocycles. The maximum Gasteiger partial charge on any atom is 0.189 e. The highest BCUT2D eigenvalue weighted by molar-refractivity contribution is 6.31. The molecule has 4 N–H and O–H groups in total. The number of amidine groups is 1. The summed E-state index contributed by atoms with van der Waals surface area (Å²) in [5, 5.41) is 3.99. The molecule has 19 heavy (non-hydrogen) atoms. The quantitative estimate of drug-likeness (QED) is 0.348. The zero-order valence-electron chi connectivity index (χ0n) is 10.2. The molecule has 3 rings (SSSR count). The van der Waals surface area contributed by atoms with Crippen molar-refractivity contribution >= 4 is 23.2 Å². The number of Topliss-reactive ketones (excluding diaryl/α,β-unsaturated/α-hetero) is 1. The lowest BCUT2D eigenvalue weighted by molar-refractivity contribution is -0.111. The third-order valence-electron chi connectivity index (χ3n) is 3.67. The summed E-state index contributed by atoms with van der Waals surface area (Å²) in [7, 11) is 0. The Morgan fingerprint density at radius 1 is 1.47 bits per heavy atom. The number of hydrazone groups is 1. The summed E-state index contributed by atoms with van der Waals surface area (Å²) in [5.41, 5.74) is 7.62. The van der Waals surface area contributed by atoms with Crippen molar-refractivity contribution in [2.45, 2.75) is 18.9 Å². The van der Waals surface area contributed by atoms with Gasteiger partial charge in [0.05, 0.1) is 6.10 Å². The smallest absolute Gasteiger partial charge is 0.189 e. The maximum atomic E-state index is 12.3.